The van der Waals surface area contributed by atoms with Gasteiger partial charge in [-0.25, -0.2) is 0 Å². The molecule has 0 radical (unpaired) electrons. The summed E-state index contributed by atoms with van der Waals surface area (Å²) in [7, 11) is 0. The second kappa shape index (κ2) is 7.65. The molecule has 0 aliphatic rings. The van der Waals surface area contributed by atoms with Crippen LogP contribution in [0, 0.1) is 0 Å². The molecule has 0 bridgehead atoms. The molecule has 0 aromatic carbocycles. The first-order valence-electron chi connectivity index (χ1n) is 8.04. The summed E-state index contributed by atoms with van der Waals surface area (Å²) in [4.78, 5) is 2.64. The van der Waals surface area contributed by atoms with Crippen molar-refractivity contribution in [2.24, 2.45) is 0 Å². The van der Waals surface area contributed by atoms with Gasteiger partial charge in [-0.15, -0.1) is 0 Å². The van der Waals surface area contributed by atoms with Crippen LogP contribution in [-0.4, -0.2) is 49.3 Å². The fourth-order valence-corrected chi connectivity index (χ4v) is 20.1. The van der Waals surface area contributed by atoms with Crippen LogP contribution in [-0.2, 0) is 0 Å². The minimum atomic E-state index is -2.57. The SMILES string of the molecule is CC(C)[N](C(C)C)[Sn]([CH3])([CH](C)C)[N](C(C)C)C(C)C. The van der Waals surface area contributed by atoms with Gasteiger partial charge < -0.3 is 0 Å². The van der Waals surface area contributed by atoms with Crippen LogP contribution in [0.1, 0.15) is 69.2 Å². The molecule has 0 saturated carbocycles. The second-order valence-corrected chi connectivity index (χ2v) is 19.9. The van der Waals surface area contributed by atoms with Gasteiger partial charge in [0.15, 0.2) is 0 Å². The van der Waals surface area contributed by atoms with E-state index in [4.69, 9.17) is 0 Å². The van der Waals surface area contributed by atoms with Crippen LogP contribution >= 0.6 is 0 Å². The molecule has 0 N–H and O–H groups in total. The Labute approximate surface area is 127 Å². The summed E-state index contributed by atoms with van der Waals surface area (Å²) in [6, 6.07) is 2.57. The quantitative estimate of drug-likeness (QED) is 0.594. The molecule has 0 saturated heterocycles. The summed E-state index contributed by atoms with van der Waals surface area (Å²) >= 11 is -2.57. The number of rotatable bonds is 7. The molecule has 0 heterocycles. The Kier molecular flexibility index (Phi) is 7.94. The normalized spacial score (nSPS) is 14.2. The molecule has 0 rings (SSSR count). The zero-order valence-corrected chi connectivity index (χ0v) is 18.1. The molecule has 0 unspecified atom stereocenters. The standard InChI is InChI=1S/2C6H14N.C3H7.CH3.Sn/c2*1-5(2)7-6(3)4;1-3-2;;/h2*5-6H,1-4H3;3H,1-2H3;1H3;/q2*-1;;;+2. The van der Waals surface area contributed by atoms with Crippen molar-refractivity contribution in [1.29, 1.82) is 0 Å². The molecule has 0 spiro atoms. The Morgan fingerprint density at radius 1 is 0.526 bits per heavy atom. The van der Waals surface area contributed by atoms with E-state index in [1.807, 2.05) is 0 Å². The zero-order chi connectivity index (χ0) is 15.5. The van der Waals surface area contributed by atoms with Gasteiger partial charge in [-0.05, 0) is 0 Å². The van der Waals surface area contributed by atoms with E-state index in [9.17, 15) is 0 Å². The van der Waals surface area contributed by atoms with Crippen molar-refractivity contribution in [3.05, 3.63) is 0 Å². The summed E-state index contributed by atoms with van der Waals surface area (Å²) in [6.45, 7) is 23.9. The van der Waals surface area contributed by atoms with Crippen molar-refractivity contribution in [2.45, 2.75) is 102 Å². The van der Waals surface area contributed by atoms with E-state index in [-0.39, 0.29) is 0 Å². The van der Waals surface area contributed by atoms with Gasteiger partial charge in [-0.2, -0.15) is 0 Å². The molecule has 0 fully saturated rings. The average Bonchev–Trinajstić information content (AvgIpc) is 2.13. The van der Waals surface area contributed by atoms with Crippen LogP contribution in [0.25, 0.3) is 0 Å². The van der Waals surface area contributed by atoms with Crippen LogP contribution < -0.4 is 0 Å². The zero-order valence-electron chi connectivity index (χ0n) is 15.3. The third-order valence-electron chi connectivity index (χ3n) is 4.36. The Morgan fingerprint density at radius 3 is 0.842 bits per heavy atom. The minimum absolute atomic E-state index is 0.642. The van der Waals surface area contributed by atoms with Gasteiger partial charge in [-0.3, -0.25) is 0 Å². The van der Waals surface area contributed by atoms with E-state index in [0.29, 0.717) is 24.2 Å². The van der Waals surface area contributed by atoms with E-state index in [1.165, 1.54) is 0 Å². The molecule has 0 aromatic heterocycles. The van der Waals surface area contributed by atoms with Gasteiger partial charge in [0.1, 0.15) is 0 Å². The third-order valence-corrected chi connectivity index (χ3v) is 22.5. The number of nitrogens with zero attached hydrogens (tertiary/aromatic N) is 2. The van der Waals surface area contributed by atoms with Gasteiger partial charge in [0.2, 0.25) is 0 Å². The van der Waals surface area contributed by atoms with Crippen LogP contribution in [0.4, 0.5) is 0 Å². The monoisotopic (exact) mass is 378 g/mol. The molecule has 2 nitrogen and oxygen atoms in total. The topological polar surface area (TPSA) is 6.48 Å². The Morgan fingerprint density at radius 2 is 0.737 bits per heavy atom. The van der Waals surface area contributed by atoms with Crippen molar-refractivity contribution in [3.63, 3.8) is 0 Å². The van der Waals surface area contributed by atoms with Gasteiger partial charge in [0.25, 0.3) is 0 Å². The molecular formula is C16H38N2Sn. The summed E-state index contributed by atoms with van der Waals surface area (Å²) in [5.41, 5.74) is 0. The van der Waals surface area contributed by atoms with Crippen molar-refractivity contribution >= 4 is 18.9 Å². The van der Waals surface area contributed by atoms with E-state index in [2.05, 4.69) is 80.4 Å². The van der Waals surface area contributed by atoms with Gasteiger partial charge >= 0.3 is 127 Å². The summed E-state index contributed by atoms with van der Waals surface area (Å²) < 4.78 is 6.57. The van der Waals surface area contributed by atoms with E-state index < -0.39 is 18.9 Å². The Balaban J connectivity index is 5.80. The first-order valence-corrected chi connectivity index (χ1v) is 15.1. The summed E-state index contributed by atoms with van der Waals surface area (Å²) in [5, 5.41) is 0. The van der Waals surface area contributed by atoms with Crippen LogP contribution in [0.2, 0.25) is 8.87 Å². The van der Waals surface area contributed by atoms with Crippen molar-refractivity contribution < 1.29 is 0 Å². The third kappa shape index (κ3) is 4.34. The fourth-order valence-electron chi connectivity index (χ4n) is 4.01. The van der Waals surface area contributed by atoms with Gasteiger partial charge in [-0.1, -0.05) is 0 Å². The number of hydrogen-bond acceptors (Lipinski definition) is 2. The van der Waals surface area contributed by atoms with Crippen LogP contribution in [0.15, 0.2) is 0 Å². The maximum atomic E-state index is 2.89. The van der Waals surface area contributed by atoms with Gasteiger partial charge in [0, 0.05) is 0 Å². The molecular weight excluding hydrogens is 339 g/mol. The average molecular weight is 377 g/mol. The summed E-state index contributed by atoms with van der Waals surface area (Å²) in [6.07, 6.45) is 0. The maximum absolute atomic E-state index is 2.89. The van der Waals surface area contributed by atoms with Gasteiger partial charge in [0.05, 0.1) is 0 Å². The molecule has 0 atom stereocenters. The first-order chi connectivity index (χ1) is 8.47. The van der Waals surface area contributed by atoms with Crippen molar-refractivity contribution in [1.82, 2.24) is 6.24 Å². The van der Waals surface area contributed by atoms with Crippen LogP contribution in [0.5, 0.6) is 0 Å². The second-order valence-electron chi connectivity index (χ2n) is 7.44. The molecule has 0 aliphatic heterocycles. The predicted octanol–water partition coefficient (Wildman–Crippen LogP) is 4.71. The molecule has 19 heavy (non-hydrogen) atoms. The Hall–Kier alpha value is 0.719. The summed E-state index contributed by atoms with van der Waals surface area (Å²) in [5.74, 6) is 0. The molecule has 116 valence electrons. The van der Waals surface area contributed by atoms with E-state index >= 15 is 0 Å². The molecule has 0 aliphatic carbocycles. The van der Waals surface area contributed by atoms with Crippen LogP contribution in [0.3, 0.4) is 0 Å². The van der Waals surface area contributed by atoms with E-state index in [1.54, 1.807) is 0 Å². The number of hydrogen-bond donors (Lipinski definition) is 0. The van der Waals surface area contributed by atoms with E-state index in [0.717, 1.165) is 3.93 Å². The van der Waals surface area contributed by atoms with Crippen molar-refractivity contribution in [2.75, 3.05) is 0 Å². The molecule has 0 amide bonds. The fraction of sp³-hybridized carbons (Fsp3) is 1.00. The Bertz CT molecular complexity index is 223. The first kappa shape index (κ1) is 19.7. The molecule has 3 heteroatoms. The predicted molar refractivity (Wildman–Crippen MR) is 90.9 cm³/mol. The molecule has 0 aromatic rings. The van der Waals surface area contributed by atoms with Crippen molar-refractivity contribution in [3.8, 4) is 0 Å².